The lowest BCUT2D eigenvalue weighted by Gasteiger charge is -1.89. The largest absolute Gasteiger partial charge is 0.466 e. The van der Waals surface area contributed by atoms with Crippen LogP contribution < -0.4 is 0 Å². The van der Waals surface area contributed by atoms with Gasteiger partial charge in [-0.05, 0) is 13.8 Å². The van der Waals surface area contributed by atoms with E-state index in [0.29, 0.717) is 6.61 Å². The third kappa shape index (κ3) is 148. The van der Waals surface area contributed by atoms with Crippen molar-refractivity contribution < 1.29 is 9.53 Å². The second kappa shape index (κ2) is 23.5. The van der Waals surface area contributed by atoms with Crippen molar-refractivity contribution in [2.24, 2.45) is 0 Å². The van der Waals surface area contributed by atoms with Crippen molar-refractivity contribution in [2.75, 3.05) is 6.61 Å². The van der Waals surface area contributed by atoms with E-state index in [-0.39, 0.29) is 5.97 Å². The van der Waals surface area contributed by atoms with Gasteiger partial charge in [0, 0.05) is 6.92 Å². The molecule has 62 valence electrons. The number of rotatable bonds is 1. The van der Waals surface area contributed by atoms with Crippen molar-refractivity contribution in [1.82, 2.24) is 0 Å². The topological polar surface area (TPSA) is 26.3 Å². The van der Waals surface area contributed by atoms with Gasteiger partial charge in [-0.25, -0.2) is 0 Å². The van der Waals surface area contributed by atoms with Crippen LogP contribution in [0.15, 0.2) is 0 Å². The molecule has 0 aliphatic heterocycles. The molecule has 0 N–H and O–H groups in total. The molecule has 0 unspecified atom stereocenters. The Bertz CT molecular complexity index is 128. The van der Waals surface area contributed by atoms with Crippen LogP contribution in [-0.2, 0) is 9.53 Å². The maximum atomic E-state index is 9.82. The molecule has 0 aliphatic carbocycles. The molecule has 0 saturated carbocycles. The summed E-state index contributed by atoms with van der Waals surface area (Å²) in [7, 11) is 0. The van der Waals surface area contributed by atoms with Crippen LogP contribution in [0, 0.1) is 25.2 Å². The molecule has 0 rings (SSSR count). The highest BCUT2D eigenvalue weighted by Gasteiger charge is 1.81. The fourth-order valence-electron chi connectivity index (χ4n) is 0.203. The molecule has 0 bridgehead atoms. The fourth-order valence-corrected chi connectivity index (χ4v) is 0.203. The lowest BCUT2D eigenvalue weighted by Crippen LogP contribution is -1.95. The molecule has 0 aromatic rings. The summed E-state index contributed by atoms with van der Waals surface area (Å²) in [5.41, 5.74) is 0. The molecule has 0 atom stereocenters. The van der Waals surface area contributed by atoms with Crippen molar-refractivity contribution in [3.05, 3.63) is 0 Å². The Morgan fingerprint density at radius 2 is 1.82 bits per heavy atom. The molecule has 0 fully saturated rings. The zero-order valence-electron chi connectivity index (χ0n) is 7.26. The second-order valence-electron chi connectivity index (χ2n) is 1.21. The third-order valence-electron chi connectivity index (χ3n) is 0.348. The molecule has 11 heavy (non-hydrogen) atoms. The van der Waals surface area contributed by atoms with Gasteiger partial charge in [0.25, 0.3) is 0 Å². The smallest absolute Gasteiger partial charge is 0.302 e. The number of carbonyl (C=O) groups excluding carboxylic acids is 1. The number of hydrogen-bond acceptors (Lipinski definition) is 2. The molecule has 0 aliphatic rings. The van der Waals surface area contributed by atoms with E-state index >= 15 is 0 Å². The number of ether oxygens (including phenoxy) is 1. The first kappa shape index (κ1) is 16.3. The van der Waals surface area contributed by atoms with Crippen molar-refractivity contribution in [1.29, 1.82) is 0 Å². The number of terminal acetylenes is 2. The summed E-state index contributed by atoms with van der Waals surface area (Å²) in [6.07, 6.45) is 12.6. The van der Waals surface area contributed by atoms with Gasteiger partial charge in [0.05, 0.1) is 6.61 Å². The van der Waals surface area contributed by atoms with Crippen LogP contribution in [0.2, 0.25) is 0 Å². The Kier molecular flexibility index (Phi) is 34.8. The van der Waals surface area contributed by atoms with Crippen molar-refractivity contribution in [2.45, 2.75) is 20.8 Å². The summed E-state index contributed by atoms with van der Waals surface area (Å²) in [5.74, 6) is 2.04. The van der Waals surface area contributed by atoms with Crippen LogP contribution in [0.4, 0.5) is 0 Å². The molecular formula is C9H14O2. The lowest BCUT2D eigenvalue weighted by molar-refractivity contribution is -0.140. The second-order valence-corrected chi connectivity index (χ2v) is 1.21. The quantitative estimate of drug-likeness (QED) is 0.422. The lowest BCUT2D eigenvalue weighted by atomic mass is 10.8. The average molecular weight is 154 g/mol. The van der Waals surface area contributed by atoms with Gasteiger partial charge < -0.3 is 4.74 Å². The van der Waals surface area contributed by atoms with E-state index in [1.807, 2.05) is 0 Å². The van der Waals surface area contributed by atoms with Crippen LogP contribution >= 0.6 is 0 Å². The summed E-state index contributed by atoms with van der Waals surface area (Å²) >= 11 is 0. The van der Waals surface area contributed by atoms with E-state index < -0.39 is 0 Å². The highest BCUT2D eigenvalue weighted by Crippen LogP contribution is 1.69. The molecule has 0 heterocycles. The zero-order chi connectivity index (χ0) is 9.70. The average Bonchev–Trinajstić information content (AvgIpc) is 1.93. The Morgan fingerprint density at radius 1 is 1.55 bits per heavy atom. The van der Waals surface area contributed by atoms with Crippen LogP contribution in [0.5, 0.6) is 0 Å². The summed E-state index contributed by atoms with van der Waals surface area (Å²) in [6, 6.07) is 0. The van der Waals surface area contributed by atoms with Gasteiger partial charge in [0.2, 0.25) is 0 Å². The highest BCUT2D eigenvalue weighted by atomic mass is 16.5. The molecule has 0 radical (unpaired) electrons. The number of carbonyl (C=O) groups is 1. The van der Waals surface area contributed by atoms with Gasteiger partial charge in [-0.15, -0.1) is 25.2 Å². The monoisotopic (exact) mass is 154 g/mol. The first-order valence-electron chi connectivity index (χ1n) is 3.03. The summed E-state index contributed by atoms with van der Waals surface area (Å²) < 4.78 is 4.40. The zero-order valence-corrected chi connectivity index (χ0v) is 7.26. The molecule has 0 spiro atoms. The number of hydrogen-bond donors (Lipinski definition) is 0. The van der Waals surface area contributed by atoms with Gasteiger partial charge in [0.1, 0.15) is 0 Å². The van der Waals surface area contributed by atoms with Gasteiger partial charge in [0.15, 0.2) is 0 Å². The molecule has 0 amide bonds. The van der Waals surface area contributed by atoms with Gasteiger partial charge in [-0.2, -0.15) is 0 Å². The molecule has 0 aromatic carbocycles. The van der Waals surface area contributed by atoms with E-state index in [9.17, 15) is 4.79 Å². The Hall–Kier alpha value is -1.41. The molecule has 0 aromatic heterocycles. The van der Waals surface area contributed by atoms with Crippen LogP contribution in [0.3, 0.4) is 0 Å². The summed E-state index contributed by atoms with van der Waals surface area (Å²) in [4.78, 5) is 9.82. The maximum Gasteiger partial charge on any atom is 0.302 e. The SMILES string of the molecule is C#C.C#CC.CCOC(C)=O. The Morgan fingerprint density at radius 3 is 1.82 bits per heavy atom. The number of esters is 1. The van der Waals surface area contributed by atoms with Crippen LogP contribution in [0.1, 0.15) is 20.8 Å². The minimum atomic E-state index is -0.211. The minimum Gasteiger partial charge on any atom is -0.466 e. The molecule has 2 heteroatoms. The van der Waals surface area contributed by atoms with E-state index in [1.54, 1.807) is 13.8 Å². The molecule has 2 nitrogen and oxygen atoms in total. The van der Waals surface area contributed by atoms with Crippen LogP contribution in [-0.4, -0.2) is 12.6 Å². The van der Waals surface area contributed by atoms with Gasteiger partial charge >= 0.3 is 5.97 Å². The summed E-state index contributed by atoms with van der Waals surface area (Å²) in [6.45, 7) is 5.31. The Balaban J connectivity index is -0.000000109. The fraction of sp³-hybridized carbons (Fsp3) is 0.444. The molecular weight excluding hydrogens is 140 g/mol. The predicted octanol–water partition coefficient (Wildman–Crippen LogP) is 1.46. The van der Waals surface area contributed by atoms with Crippen molar-refractivity contribution in [3.8, 4) is 25.2 Å². The third-order valence-corrected chi connectivity index (χ3v) is 0.348. The summed E-state index contributed by atoms with van der Waals surface area (Å²) in [5, 5.41) is 0. The first-order valence-corrected chi connectivity index (χ1v) is 3.03. The standard InChI is InChI=1S/C4H8O2.C3H4.C2H2/c1-3-6-4(2)5;1-3-2;1-2/h3H2,1-2H3;1H,2H3;1-2H. The van der Waals surface area contributed by atoms with Gasteiger partial charge in [-0.1, -0.05) is 0 Å². The van der Waals surface area contributed by atoms with Crippen LogP contribution in [0.25, 0.3) is 0 Å². The van der Waals surface area contributed by atoms with Gasteiger partial charge in [-0.3, -0.25) is 4.79 Å². The van der Waals surface area contributed by atoms with Crippen molar-refractivity contribution >= 4 is 5.97 Å². The van der Waals surface area contributed by atoms with E-state index in [1.165, 1.54) is 6.92 Å². The normalized spacial score (nSPS) is 5.09. The van der Waals surface area contributed by atoms with E-state index in [4.69, 9.17) is 0 Å². The molecule has 0 saturated heterocycles. The maximum absolute atomic E-state index is 9.82. The van der Waals surface area contributed by atoms with E-state index in [0.717, 1.165) is 0 Å². The van der Waals surface area contributed by atoms with E-state index in [2.05, 4.69) is 29.9 Å². The highest BCUT2D eigenvalue weighted by molar-refractivity contribution is 5.65. The van der Waals surface area contributed by atoms with Crippen molar-refractivity contribution in [3.63, 3.8) is 0 Å². The predicted molar refractivity (Wildman–Crippen MR) is 46.7 cm³/mol. The Labute approximate surface area is 68.9 Å². The first-order chi connectivity index (χ1) is 5.18. The minimum absolute atomic E-state index is 0.211.